The van der Waals surface area contributed by atoms with E-state index in [0.717, 1.165) is 25.9 Å². The van der Waals surface area contributed by atoms with Gasteiger partial charge in [0.05, 0.1) is 12.1 Å². The van der Waals surface area contributed by atoms with Crippen LogP contribution in [0.1, 0.15) is 50.3 Å². The number of nitrogens with two attached hydrogens (primary N) is 1. The molecule has 1 aromatic rings. The van der Waals surface area contributed by atoms with Crippen molar-refractivity contribution in [1.29, 1.82) is 0 Å². The Morgan fingerprint density at radius 2 is 2.11 bits per heavy atom. The molecule has 0 saturated carbocycles. The van der Waals surface area contributed by atoms with Crippen molar-refractivity contribution in [3.05, 3.63) is 35.4 Å². The van der Waals surface area contributed by atoms with E-state index in [0.29, 0.717) is 5.92 Å². The first-order valence-electron chi connectivity index (χ1n) is 7.13. The average molecular weight is 247 g/mol. The minimum atomic E-state index is 0.0378. The number of ether oxygens (including phenoxy) is 1. The minimum absolute atomic E-state index is 0.0378. The third-order valence-corrected chi connectivity index (χ3v) is 3.78. The molecule has 2 atom stereocenters. The van der Waals surface area contributed by atoms with Gasteiger partial charge in [-0.15, -0.1) is 0 Å². The first-order chi connectivity index (χ1) is 8.68. The van der Waals surface area contributed by atoms with Gasteiger partial charge in [-0.1, -0.05) is 38.1 Å². The Labute approximate surface area is 111 Å². The number of benzene rings is 1. The fraction of sp³-hybridized carbons (Fsp3) is 0.625. The Morgan fingerprint density at radius 3 is 2.89 bits per heavy atom. The molecular formula is C16H25NO. The minimum Gasteiger partial charge on any atom is -0.376 e. The summed E-state index contributed by atoms with van der Waals surface area (Å²) >= 11 is 0. The molecule has 0 amide bonds. The zero-order valence-electron chi connectivity index (χ0n) is 11.6. The van der Waals surface area contributed by atoms with Gasteiger partial charge in [-0.05, 0) is 42.7 Å². The second kappa shape index (κ2) is 6.35. The summed E-state index contributed by atoms with van der Waals surface area (Å²) in [4.78, 5) is 0. The van der Waals surface area contributed by atoms with E-state index < -0.39 is 0 Å². The average Bonchev–Trinajstić information content (AvgIpc) is 2.50. The maximum absolute atomic E-state index is 6.38. The molecule has 1 aliphatic rings. The molecule has 1 aromatic carbocycles. The van der Waals surface area contributed by atoms with Crippen LogP contribution in [-0.4, -0.2) is 12.7 Å². The van der Waals surface area contributed by atoms with Gasteiger partial charge in [-0.2, -0.15) is 0 Å². The van der Waals surface area contributed by atoms with Crippen LogP contribution in [0.15, 0.2) is 24.3 Å². The first kappa shape index (κ1) is 13.6. The predicted molar refractivity (Wildman–Crippen MR) is 75.5 cm³/mol. The number of fused-ring (bicyclic) bond motifs is 1. The molecular weight excluding hydrogens is 222 g/mol. The molecule has 0 aromatic heterocycles. The SMILES string of the molecule is CC(C)CCOC1CCCc2ccccc2C1N. The van der Waals surface area contributed by atoms with E-state index in [2.05, 4.69) is 38.1 Å². The van der Waals surface area contributed by atoms with Crippen LogP contribution in [-0.2, 0) is 11.2 Å². The van der Waals surface area contributed by atoms with Crippen molar-refractivity contribution in [1.82, 2.24) is 0 Å². The summed E-state index contributed by atoms with van der Waals surface area (Å²) < 4.78 is 6.02. The lowest BCUT2D eigenvalue weighted by molar-refractivity contribution is 0.0244. The molecule has 100 valence electrons. The molecule has 0 radical (unpaired) electrons. The Balaban J connectivity index is 2.01. The fourth-order valence-corrected chi connectivity index (χ4v) is 2.60. The highest BCUT2D eigenvalue weighted by Gasteiger charge is 2.24. The van der Waals surface area contributed by atoms with E-state index in [9.17, 15) is 0 Å². The number of aryl methyl sites for hydroxylation is 1. The normalized spacial score (nSPS) is 23.8. The van der Waals surface area contributed by atoms with E-state index in [1.807, 2.05) is 0 Å². The van der Waals surface area contributed by atoms with Crippen molar-refractivity contribution >= 4 is 0 Å². The largest absolute Gasteiger partial charge is 0.376 e. The highest BCUT2D eigenvalue weighted by molar-refractivity contribution is 5.31. The van der Waals surface area contributed by atoms with E-state index in [-0.39, 0.29) is 12.1 Å². The molecule has 0 saturated heterocycles. The quantitative estimate of drug-likeness (QED) is 0.827. The van der Waals surface area contributed by atoms with Gasteiger partial charge >= 0.3 is 0 Å². The molecule has 18 heavy (non-hydrogen) atoms. The van der Waals surface area contributed by atoms with Gasteiger partial charge in [0.25, 0.3) is 0 Å². The second-order valence-corrected chi connectivity index (χ2v) is 5.71. The maximum Gasteiger partial charge on any atom is 0.0767 e. The standard InChI is InChI=1S/C16H25NO/c1-12(2)10-11-18-15-9-5-7-13-6-3-4-8-14(13)16(15)17/h3-4,6,8,12,15-16H,5,7,9-11,17H2,1-2H3. The van der Waals surface area contributed by atoms with Gasteiger partial charge in [0, 0.05) is 6.61 Å². The van der Waals surface area contributed by atoms with Gasteiger partial charge in [0.2, 0.25) is 0 Å². The molecule has 0 fully saturated rings. The summed E-state index contributed by atoms with van der Waals surface area (Å²) in [5.41, 5.74) is 9.07. The zero-order valence-corrected chi connectivity index (χ0v) is 11.6. The highest BCUT2D eigenvalue weighted by atomic mass is 16.5. The van der Waals surface area contributed by atoms with Crippen molar-refractivity contribution < 1.29 is 4.74 Å². The van der Waals surface area contributed by atoms with Crippen LogP contribution in [0, 0.1) is 5.92 Å². The number of hydrogen-bond donors (Lipinski definition) is 1. The molecule has 0 bridgehead atoms. The molecule has 2 N–H and O–H groups in total. The van der Waals surface area contributed by atoms with Crippen LogP contribution < -0.4 is 5.73 Å². The summed E-state index contributed by atoms with van der Waals surface area (Å²) in [6.45, 7) is 5.29. The lowest BCUT2D eigenvalue weighted by Gasteiger charge is -2.23. The van der Waals surface area contributed by atoms with Crippen LogP contribution in [0.25, 0.3) is 0 Å². The Bertz CT molecular complexity index is 375. The molecule has 2 rings (SSSR count). The van der Waals surface area contributed by atoms with Crippen LogP contribution in [0.2, 0.25) is 0 Å². The molecule has 0 heterocycles. The smallest absolute Gasteiger partial charge is 0.0767 e. The summed E-state index contributed by atoms with van der Waals surface area (Å²) in [6, 6.07) is 8.58. The van der Waals surface area contributed by atoms with Gasteiger partial charge in [-0.25, -0.2) is 0 Å². The van der Waals surface area contributed by atoms with Crippen molar-refractivity contribution in [3.8, 4) is 0 Å². The lowest BCUT2D eigenvalue weighted by Crippen LogP contribution is -2.29. The van der Waals surface area contributed by atoms with Crippen LogP contribution in [0.4, 0.5) is 0 Å². The maximum atomic E-state index is 6.38. The molecule has 0 aliphatic heterocycles. The topological polar surface area (TPSA) is 35.2 Å². The van der Waals surface area contributed by atoms with Crippen molar-refractivity contribution in [2.75, 3.05) is 6.61 Å². The Kier molecular flexibility index (Phi) is 4.79. The third kappa shape index (κ3) is 3.33. The second-order valence-electron chi connectivity index (χ2n) is 5.71. The Morgan fingerprint density at radius 1 is 1.33 bits per heavy atom. The monoisotopic (exact) mass is 247 g/mol. The summed E-state index contributed by atoms with van der Waals surface area (Å²) in [5, 5.41) is 0. The van der Waals surface area contributed by atoms with E-state index >= 15 is 0 Å². The number of rotatable bonds is 4. The molecule has 2 nitrogen and oxygen atoms in total. The molecule has 0 spiro atoms. The lowest BCUT2D eigenvalue weighted by atomic mass is 9.98. The summed E-state index contributed by atoms with van der Waals surface area (Å²) in [7, 11) is 0. The molecule has 2 heteroatoms. The third-order valence-electron chi connectivity index (χ3n) is 3.78. The summed E-state index contributed by atoms with van der Waals surface area (Å²) in [5.74, 6) is 0.694. The van der Waals surface area contributed by atoms with Crippen LogP contribution in [0.3, 0.4) is 0 Å². The summed E-state index contributed by atoms with van der Waals surface area (Å²) in [6.07, 6.45) is 4.69. The van der Waals surface area contributed by atoms with E-state index in [1.54, 1.807) is 0 Å². The van der Waals surface area contributed by atoms with Gasteiger partial charge < -0.3 is 10.5 Å². The van der Waals surface area contributed by atoms with E-state index in [1.165, 1.54) is 17.5 Å². The highest BCUT2D eigenvalue weighted by Crippen LogP contribution is 2.29. The van der Waals surface area contributed by atoms with Crippen LogP contribution in [0.5, 0.6) is 0 Å². The van der Waals surface area contributed by atoms with E-state index in [4.69, 9.17) is 10.5 Å². The first-order valence-corrected chi connectivity index (χ1v) is 7.13. The van der Waals surface area contributed by atoms with Crippen molar-refractivity contribution in [2.45, 2.75) is 51.7 Å². The van der Waals surface area contributed by atoms with Gasteiger partial charge in [0.1, 0.15) is 0 Å². The van der Waals surface area contributed by atoms with Gasteiger partial charge in [0.15, 0.2) is 0 Å². The molecule has 1 aliphatic carbocycles. The van der Waals surface area contributed by atoms with Crippen LogP contribution >= 0.6 is 0 Å². The predicted octanol–water partition coefficient (Wildman–Crippen LogP) is 3.45. The zero-order chi connectivity index (χ0) is 13.0. The molecule has 2 unspecified atom stereocenters. The Hall–Kier alpha value is -0.860. The number of hydrogen-bond acceptors (Lipinski definition) is 2. The van der Waals surface area contributed by atoms with Gasteiger partial charge in [-0.3, -0.25) is 0 Å². The fourth-order valence-electron chi connectivity index (χ4n) is 2.60. The van der Waals surface area contributed by atoms with Crippen molar-refractivity contribution in [3.63, 3.8) is 0 Å². The van der Waals surface area contributed by atoms with Crippen molar-refractivity contribution in [2.24, 2.45) is 11.7 Å².